The number of carbonyl (C=O) groups is 2. The molecular weight excluding hydrogens is 540 g/mol. The molecule has 0 atom stereocenters. The van der Waals surface area contributed by atoms with Gasteiger partial charge in [-0.3, -0.25) is 22.8 Å². The van der Waals surface area contributed by atoms with Gasteiger partial charge in [0.15, 0.2) is 5.78 Å². The molecule has 0 radical (unpaired) electrons. The molecule has 0 aliphatic carbocycles. The van der Waals surface area contributed by atoms with Crippen LogP contribution in [0, 0.1) is 11.2 Å². The Bertz CT molecular complexity index is 1530. The fourth-order valence-corrected chi connectivity index (χ4v) is 4.38. The van der Waals surface area contributed by atoms with Crippen molar-refractivity contribution in [3.05, 3.63) is 70.6 Å². The normalized spacial score (nSPS) is 11.6. The Morgan fingerprint density at radius 2 is 1.67 bits per heavy atom. The number of pyridine rings is 1. The fourth-order valence-electron chi connectivity index (χ4n) is 4.14. The number of nitrogens with zero attached hydrogens (tertiary/aromatic N) is 1. The molecule has 4 rings (SSSR count). The first-order chi connectivity index (χ1) is 18.7. The van der Waals surface area contributed by atoms with E-state index < -0.39 is 49.4 Å². The molecular formula is C28H23ClF4N2O4. The molecule has 0 bridgehead atoms. The van der Waals surface area contributed by atoms with Crippen LogP contribution in [0.2, 0.25) is 5.15 Å². The summed E-state index contributed by atoms with van der Waals surface area (Å²) in [5, 5.41) is 2.81. The monoisotopic (exact) mass is 562 g/mol. The summed E-state index contributed by atoms with van der Waals surface area (Å²) in [7, 11) is 2.75. The first-order valence-corrected chi connectivity index (χ1v) is 12.1. The average molecular weight is 563 g/mol. The average Bonchev–Trinajstić information content (AvgIpc) is 3.33. The number of rotatable bonds is 10. The zero-order valence-corrected chi connectivity index (χ0v) is 21.7. The van der Waals surface area contributed by atoms with Crippen LogP contribution in [-0.2, 0) is 0 Å². The van der Waals surface area contributed by atoms with E-state index in [2.05, 4.69) is 10.3 Å². The molecule has 0 fully saturated rings. The summed E-state index contributed by atoms with van der Waals surface area (Å²) in [5.74, 6) is -1.41. The Hall–Kier alpha value is -3.92. The van der Waals surface area contributed by atoms with Gasteiger partial charge in [-0.1, -0.05) is 17.7 Å². The zero-order valence-electron chi connectivity index (χ0n) is 20.9. The first kappa shape index (κ1) is 28.1. The summed E-state index contributed by atoms with van der Waals surface area (Å²) >= 11 is 6.47. The highest BCUT2D eigenvalue weighted by molar-refractivity contribution is 6.33. The van der Waals surface area contributed by atoms with Crippen LogP contribution in [0.25, 0.3) is 33.6 Å². The molecule has 0 unspecified atom stereocenters. The highest BCUT2D eigenvalue weighted by atomic mass is 35.5. The van der Waals surface area contributed by atoms with Gasteiger partial charge in [0, 0.05) is 24.6 Å². The maximum absolute atomic E-state index is 13.5. The number of amides is 1. The third-order valence-corrected chi connectivity index (χ3v) is 6.68. The maximum Gasteiger partial charge on any atom is 0.255 e. The van der Waals surface area contributed by atoms with Gasteiger partial charge in [0.25, 0.3) is 5.91 Å². The lowest BCUT2D eigenvalue weighted by atomic mass is 9.84. The zero-order chi connectivity index (χ0) is 28.3. The van der Waals surface area contributed by atoms with E-state index in [4.69, 9.17) is 20.8 Å². The molecule has 0 saturated carbocycles. The molecule has 0 aliphatic rings. The van der Waals surface area contributed by atoms with E-state index in [1.165, 1.54) is 50.6 Å². The van der Waals surface area contributed by atoms with Crippen LogP contribution < -0.4 is 10.1 Å². The molecule has 4 aromatic rings. The minimum atomic E-state index is -2.08. The van der Waals surface area contributed by atoms with Crippen molar-refractivity contribution in [3.63, 3.8) is 0 Å². The number of benzene rings is 2. The van der Waals surface area contributed by atoms with Gasteiger partial charge in [0.05, 0.1) is 29.0 Å². The number of ketones is 1. The topological polar surface area (TPSA) is 81.4 Å². The van der Waals surface area contributed by atoms with Gasteiger partial charge in [0.2, 0.25) is 5.71 Å². The summed E-state index contributed by atoms with van der Waals surface area (Å²) < 4.78 is 64.9. The number of fused-ring (bicyclic) bond motifs is 1. The maximum atomic E-state index is 13.5. The molecule has 0 aliphatic heterocycles. The Morgan fingerprint density at radius 3 is 2.26 bits per heavy atom. The number of halogens is 5. The van der Waals surface area contributed by atoms with Crippen molar-refractivity contribution in [2.75, 3.05) is 34.2 Å². The second kappa shape index (κ2) is 11.4. The Kier molecular flexibility index (Phi) is 8.25. The number of carbonyl (C=O) groups excluding carboxylic acids is 2. The molecule has 11 heteroatoms. The van der Waals surface area contributed by atoms with Crippen LogP contribution >= 0.6 is 11.6 Å². The van der Waals surface area contributed by atoms with E-state index in [1.54, 1.807) is 12.1 Å². The van der Waals surface area contributed by atoms with E-state index in [1.807, 2.05) is 0 Å². The third kappa shape index (κ3) is 5.34. The minimum Gasteiger partial charge on any atom is -0.496 e. The van der Waals surface area contributed by atoms with E-state index in [0.717, 1.165) is 0 Å². The molecule has 0 spiro atoms. The highest BCUT2D eigenvalue weighted by Gasteiger charge is 2.35. The van der Waals surface area contributed by atoms with Crippen LogP contribution in [0.15, 0.2) is 52.9 Å². The van der Waals surface area contributed by atoms with Gasteiger partial charge in [-0.2, -0.15) is 0 Å². The lowest BCUT2D eigenvalue weighted by Crippen LogP contribution is -2.31. The summed E-state index contributed by atoms with van der Waals surface area (Å²) in [6, 6.07) is 11.3. The molecule has 2 aromatic heterocycles. The fraction of sp³-hybridized carbons (Fsp3) is 0.250. The van der Waals surface area contributed by atoms with Gasteiger partial charge in [0.1, 0.15) is 42.5 Å². The van der Waals surface area contributed by atoms with Crippen LogP contribution in [0.4, 0.5) is 17.6 Å². The van der Waals surface area contributed by atoms with Crippen LogP contribution in [0.3, 0.4) is 0 Å². The number of ether oxygens (including phenoxy) is 1. The van der Waals surface area contributed by atoms with E-state index in [-0.39, 0.29) is 33.5 Å². The summed E-state index contributed by atoms with van der Waals surface area (Å²) in [6.07, 6.45) is -0.717. The molecule has 1 amide bonds. The van der Waals surface area contributed by atoms with Crippen molar-refractivity contribution < 1.29 is 36.3 Å². The molecule has 1 N–H and O–H groups in total. The quantitative estimate of drug-likeness (QED) is 0.131. The predicted molar refractivity (Wildman–Crippen MR) is 139 cm³/mol. The minimum absolute atomic E-state index is 0.0282. The van der Waals surface area contributed by atoms with Gasteiger partial charge in [-0.05, 0) is 48.0 Å². The lowest BCUT2D eigenvalue weighted by Gasteiger charge is -2.23. The summed E-state index contributed by atoms with van der Waals surface area (Å²) in [5.41, 5.74) is -0.816. The summed E-state index contributed by atoms with van der Waals surface area (Å²) in [6.45, 7) is -4.04. The van der Waals surface area contributed by atoms with Gasteiger partial charge in [-0.15, -0.1) is 0 Å². The number of Topliss-reactive ketones (excluding diaryl/α,β-unsaturated/α-hetero) is 1. The number of hydrogen-bond donors (Lipinski definition) is 1. The number of hydrogen-bond acceptors (Lipinski definition) is 5. The number of furan rings is 1. The van der Waals surface area contributed by atoms with Crippen molar-refractivity contribution in [1.29, 1.82) is 0 Å². The van der Waals surface area contributed by atoms with E-state index in [9.17, 15) is 27.2 Å². The van der Waals surface area contributed by atoms with Crippen LogP contribution in [0.5, 0.6) is 5.75 Å². The van der Waals surface area contributed by atoms with Crippen molar-refractivity contribution in [1.82, 2.24) is 10.3 Å². The van der Waals surface area contributed by atoms with E-state index in [0.29, 0.717) is 22.1 Å². The second-order valence-electron chi connectivity index (χ2n) is 8.99. The number of aromatic nitrogens is 1. The number of alkyl halides is 3. The van der Waals surface area contributed by atoms with E-state index >= 15 is 0 Å². The molecule has 39 heavy (non-hydrogen) atoms. The predicted octanol–water partition coefficient (Wildman–Crippen LogP) is 6.79. The van der Waals surface area contributed by atoms with Gasteiger partial charge >= 0.3 is 0 Å². The molecule has 2 heterocycles. The molecule has 0 saturated heterocycles. The van der Waals surface area contributed by atoms with Crippen molar-refractivity contribution >= 4 is 34.4 Å². The number of methoxy groups -OCH3 is 1. The molecule has 6 nitrogen and oxygen atoms in total. The first-order valence-electron chi connectivity index (χ1n) is 11.7. The molecule has 2 aromatic carbocycles. The molecule has 204 valence electrons. The Balaban J connectivity index is 1.87. The largest absolute Gasteiger partial charge is 0.496 e. The standard InChI is InChI=1S/C28H23ClF4N2O4/c1-34-26(37)23-20-10-18(25(29)35-27(20)39-24(23)15-3-6-17(33)7-4-15)16-5-8-22(38-2)19(9-16)21(36)11-28(12-30,13-31)14-32/h3-10H,11-14H2,1-2H3,(H,34,37). The van der Waals surface area contributed by atoms with Gasteiger partial charge in [-0.25, -0.2) is 9.37 Å². The highest BCUT2D eigenvalue weighted by Crippen LogP contribution is 2.39. The Labute approximate surface area is 225 Å². The number of nitrogens with one attached hydrogen (secondary N) is 1. The summed E-state index contributed by atoms with van der Waals surface area (Å²) in [4.78, 5) is 30.2. The van der Waals surface area contributed by atoms with Crippen molar-refractivity contribution in [2.24, 2.45) is 5.41 Å². The van der Waals surface area contributed by atoms with Gasteiger partial charge < -0.3 is 14.5 Å². The van der Waals surface area contributed by atoms with Crippen LogP contribution in [0.1, 0.15) is 27.1 Å². The van der Waals surface area contributed by atoms with Crippen molar-refractivity contribution in [3.8, 4) is 28.2 Å². The smallest absolute Gasteiger partial charge is 0.255 e. The van der Waals surface area contributed by atoms with Crippen molar-refractivity contribution in [2.45, 2.75) is 6.42 Å². The second-order valence-corrected chi connectivity index (χ2v) is 9.35. The lowest BCUT2D eigenvalue weighted by molar-refractivity contribution is 0.0722. The third-order valence-electron chi connectivity index (χ3n) is 6.39. The SMILES string of the molecule is CNC(=O)c1c(-c2ccc(F)cc2)oc2nc(Cl)c(-c3ccc(OC)c(C(=O)CC(CF)(CF)CF)c3)cc12. The Morgan fingerprint density at radius 1 is 1.03 bits per heavy atom. The van der Waals surface area contributed by atoms with Crippen LogP contribution in [-0.4, -0.2) is 50.9 Å².